The molecule has 90 valence electrons. The third-order valence-corrected chi connectivity index (χ3v) is 4.66. The Morgan fingerprint density at radius 1 is 1.53 bits per heavy atom. The molecule has 15 heavy (non-hydrogen) atoms. The molecule has 0 aliphatic carbocycles. The van der Waals surface area contributed by atoms with E-state index in [1.807, 2.05) is 6.92 Å². The first-order chi connectivity index (χ1) is 6.93. The number of ether oxygens (including phenoxy) is 1. The maximum absolute atomic E-state index is 11.7. The van der Waals surface area contributed by atoms with Gasteiger partial charge in [0, 0.05) is 20.2 Å². The molecule has 0 bridgehead atoms. The Bertz CT molecular complexity index is 303. The number of methoxy groups -OCH3 is 1. The molecule has 1 unspecified atom stereocenters. The molecule has 1 fully saturated rings. The molecule has 1 saturated heterocycles. The van der Waals surface area contributed by atoms with Crippen LogP contribution in [0.2, 0.25) is 0 Å². The highest BCUT2D eigenvalue weighted by Crippen LogP contribution is 2.25. The van der Waals surface area contributed by atoms with Crippen molar-refractivity contribution in [3.8, 4) is 0 Å². The van der Waals surface area contributed by atoms with Crippen molar-refractivity contribution in [1.82, 2.24) is 4.31 Å². The summed E-state index contributed by atoms with van der Waals surface area (Å²) in [5.41, 5.74) is -0.388. The van der Waals surface area contributed by atoms with Gasteiger partial charge in [-0.05, 0) is 19.8 Å². The zero-order valence-electron chi connectivity index (χ0n) is 9.27. The van der Waals surface area contributed by atoms with Crippen LogP contribution in [0.3, 0.4) is 0 Å². The van der Waals surface area contributed by atoms with Crippen molar-refractivity contribution in [1.29, 1.82) is 0 Å². The average molecular weight is 237 g/mol. The molecule has 0 saturated carbocycles. The van der Waals surface area contributed by atoms with Crippen molar-refractivity contribution in [2.75, 3.05) is 32.6 Å². The van der Waals surface area contributed by atoms with Gasteiger partial charge in [0.25, 0.3) is 0 Å². The Kier molecular flexibility index (Phi) is 4.11. The van der Waals surface area contributed by atoms with Crippen molar-refractivity contribution in [3.63, 3.8) is 0 Å². The van der Waals surface area contributed by atoms with Crippen LogP contribution in [-0.4, -0.2) is 56.0 Å². The number of nitrogens with zero attached hydrogens (tertiary/aromatic N) is 1. The van der Waals surface area contributed by atoms with E-state index >= 15 is 0 Å². The molecule has 1 rings (SSSR count). The van der Waals surface area contributed by atoms with Gasteiger partial charge in [0.15, 0.2) is 0 Å². The van der Waals surface area contributed by atoms with Crippen LogP contribution in [0.25, 0.3) is 0 Å². The molecule has 1 heterocycles. The summed E-state index contributed by atoms with van der Waals surface area (Å²) < 4.78 is 30.1. The summed E-state index contributed by atoms with van der Waals surface area (Å²) in [5.74, 6) is -0.202. The van der Waals surface area contributed by atoms with Gasteiger partial charge >= 0.3 is 0 Å². The molecular weight excluding hydrogens is 218 g/mol. The largest absolute Gasteiger partial charge is 0.395 e. The molecular formula is C9H19NO4S. The van der Waals surface area contributed by atoms with Crippen LogP contribution in [0, 0.1) is 0 Å². The van der Waals surface area contributed by atoms with Gasteiger partial charge in [0.05, 0.1) is 18.0 Å². The fraction of sp³-hybridized carbons (Fsp3) is 1.00. The van der Waals surface area contributed by atoms with Gasteiger partial charge in [-0.1, -0.05) is 0 Å². The average Bonchev–Trinajstić information content (AvgIpc) is 2.18. The number of sulfonamides is 1. The van der Waals surface area contributed by atoms with Crippen LogP contribution in [0.4, 0.5) is 0 Å². The molecule has 5 nitrogen and oxygen atoms in total. The fourth-order valence-corrected chi connectivity index (χ4v) is 3.18. The van der Waals surface area contributed by atoms with E-state index in [4.69, 9.17) is 9.84 Å². The van der Waals surface area contributed by atoms with E-state index in [0.717, 1.165) is 12.8 Å². The van der Waals surface area contributed by atoms with Crippen LogP contribution >= 0.6 is 0 Å². The summed E-state index contributed by atoms with van der Waals surface area (Å²) in [6, 6.07) is 0. The fourth-order valence-electron chi connectivity index (χ4n) is 1.81. The number of rotatable bonds is 4. The Hall–Kier alpha value is -0.170. The Morgan fingerprint density at radius 2 is 2.20 bits per heavy atom. The summed E-state index contributed by atoms with van der Waals surface area (Å²) in [6.45, 7) is 2.49. The number of hydrogen-bond donors (Lipinski definition) is 1. The second-order valence-corrected chi connectivity index (χ2v) is 6.22. The summed E-state index contributed by atoms with van der Waals surface area (Å²) >= 11 is 0. The number of hydrogen-bond acceptors (Lipinski definition) is 4. The molecule has 1 atom stereocenters. The molecule has 0 aromatic heterocycles. The van der Waals surface area contributed by atoms with Gasteiger partial charge in [-0.3, -0.25) is 0 Å². The van der Waals surface area contributed by atoms with Crippen LogP contribution in [-0.2, 0) is 14.8 Å². The van der Waals surface area contributed by atoms with Gasteiger partial charge in [-0.2, -0.15) is 4.31 Å². The predicted molar refractivity (Wildman–Crippen MR) is 57.1 cm³/mol. The lowest BCUT2D eigenvalue weighted by Gasteiger charge is -2.38. The highest BCUT2D eigenvalue weighted by atomic mass is 32.2. The molecule has 0 spiro atoms. The Morgan fingerprint density at radius 3 is 2.73 bits per heavy atom. The van der Waals surface area contributed by atoms with E-state index in [1.54, 1.807) is 7.11 Å². The van der Waals surface area contributed by atoms with Crippen LogP contribution < -0.4 is 0 Å². The van der Waals surface area contributed by atoms with E-state index in [0.29, 0.717) is 13.1 Å². The predicted octanol–water partition coefficient (Wildman–Crippen LogP) is -0.191. The third-order valence-electron chi connectivity index (χ3n) is 2.86. The quantitative estimate of drug-likeness (QED) is 0.736. The maximum Gasteiger partial charge on any atom is 0.216 e. The monoisotopic (exact) mass is 237 g/mol. The van der Waals surface area contributed by atoms with E-state index in [2.05, 4.69) is 0 Å². The Balaban J connectivity index is 2.72. The lowest BCUT2D eigenvalue weighted by Crippen LogP contribution is -2.50. The smallest absolute Gasteiger partial charge is 0.216 e. The first-order valence-electron chi connectivity index (χ1n) is 5.07. The molecule has 0 aromatic carbocycles. The summed E-state index contributed by atoms with van der Waals surface area (Å²) in [6.07, 6.45) is 1.67. The van der Waals surface area contributed by atoms with Gasteiger partial charge < -0.3 is 9.84 Å². The van der Waals surface area contributed by atoms with Gasteiger partial charge in [-0.25, -0.2) is 8.42 Å². The first-order valence-corrected chi connectivity index (χ1v) is 6.68. The van der Waals surface area contributed by atoms with Crippen molar-refractivity contribution in [2.45, 2.75) is 25.4 Å². The van der Waals surface area contributed by atoms with Crippen molar-refractivity contribution >= 4 is 10.0 Å². The number of aliphatic hydroxyl groups excluding tert-OH is 1. The summed E-state index contributed by atoms with van der Waals surface area (Å²) in [5, 5.41) is 8.68. The first kappa shape index (κ1) is 12.9. The molecule has 1 aliphatic rings. The van der Waals surface area contributed by atoms with Crippen molar-refractivity contribution in [2.24, 2.45) is 0 Å². The molecule has 0 amide bonds. The zero-order chi connectivity index (χ0) is 11.5. The second kappa shape index (κ2) is 4.78. The van der Waals surface area contributed by atoms with Crippen LogP contribution in [0.5, 0.6) is 0 Å². The normalized spacial score (nSPS) is 29.3. The topological polar surface area (TPSA) is 66.8 Å². The molecule has 0 aromatic rings. The third kappa shape index (κ3) is 3.14. The van der Waals surface area contributed by atoms with Crippen LogP contribution in [0.1, 0.15) is 19.8 Å². The van der Waals surface area contributed by atoms with Gasteiger partial charge in [-0.15, -0.1) is 0 Å². The highest BCUT2D eigenvalue weighted by Gasteiger charge is 2.35. The van der Waals surface area contributed by atoms with Crippen LogP contribution in [0.15, 0.2) is 0 Å². The van der Waals surface area contributed by atoms with E-state index in [1.165, 1.54) is 4.31 Å². The lowest BCUT2D eigenvalue weighted by molar-refractivity contribution is -0.0319. The van der Waals surface area contributed by atoms with Gasteiger partial charge in [0.1, 0.15) is 0 Å². The molecule has 0 radical (unpaired) electrons. The highest BCUT2D eigenvalue weighted by molar-refractivity contribution is 7.89. The molecule has 1 N–H and O–H groups in total. The van der Waals surface area contributed by atoms with E-state index in [-0.39, 0.29) is 18.0 Å². The summed E-state index contributed by atoms with van der Waals surface area (Å²) in [7, 11) is -1.71. The second-order valence-electron chi connectivity index (χ2n) is 4.13. The zero-order valence-corrected chi connectivity index (χ0v) is 10.1. The number of piperidine rings is 1. The van der Waals surface area contributed by atoms with Gasteiger partial charge in [0.2, 0.25) is 10.0 Å². The minimum absolute atomic E-state index is 0.202. The van der Waals surface area contributed by atoms with Crippen molar-refractivity contribution < 1.29 is 18.3 Å². The van der Waals surface area contributed by atoms with Crippen molar-refractivity contribution in [3.05, 3.63) is 0 Å². The summed E-state index contributed by atoms with van der Waals surface area (Å²) in [4.78, 5) is 0. The minimum Gasteiger partial charge on any atom is -0.395 e. The van der Waals surface area contributed by atoms with E-state index < -0.39 is 10.0 Å². The SMILES string of the molecule is COC1(C)CCCN(S(=O)(=O)CCO)C1. The maximum atomic E-state index is 11.7. The lowest BCUT2D eigenvalue weighted by atomic mass is 9.96. The minimum atomic E-state index is -3.31. The Labute approximate surface area is 91.1 Å². The number of aliphatic hydroxyl groups is 1. The molecule has 1 aliphatic heterocycles. The molecule has 6 heteroatoms. The standard InChI is InChI=1S/C9H19NO4S/c1-9(14-2)4-3-5-10(8-9)15(12,13)7-6-11/h11H,3-8H2,1-2H3. The van der Waals surface area contributed by atoms with E-state index in [9.17, 15) is 8.42 Å².